The van der Waals surface area contributed by atoms with E-state index in [1.54, 1.807) is 12.1 Å². The minimum atomic E-state index is -0.245. The quantitative estimate of drug-likeness (QED) is 0.650. The van der Waals surface area contributed by atoms with Gasteiger partial charge in [-0.05, 0) is 55.3 Å². The van der Waals surface area contributed by atoms with Gasteiger partial charge in [0.05, 0.1) is 22.7 Å². The summed E-state index contributed by atoms with van der Waals surface area (Å²) >= 11 is 0. The highest BCUT2D eigenvalue weighted by Gasteiger charge is 2.22. The number of hydrogen-bond acceptors (Lipinski definition) is 2. The maximum absolute atomic E-state index is 13.3. The lowest BCUT2D eigenvalue weighted by Gasteiger charge is -2.25. The van der Waals surface area contributed by atoms with Crippen LogP contribution in [0, 0.1) is 17.1 Å². The van der Waals surface area contributed by atoms with Crippen LogP contribution in [0.3, 0.4) is 0 Å². The fraction of sp³-hybridized carbons (Fsp3) is 0.300. The molecule has 4 heteroatoms. The summed E-state index contributed by atoms with van der Waals surface area (Å²) in [5, 5.41) is 9.14. The van der Waals surface area contributed by atoms with E-state index in [0.717, 1.165) is 35.3 Å². The fourth-order valence-corrected chi connectivity index (χ4v) is 3.68. The van der Waals surface area contributed by atoms with Crippen molar-refractivity contribution in [2.45, 2.75) is 38.1 Å². The third-order valence-electron chi connectivity index (χ3n) is 4.86. The van der Waals surface area contributed by atoms with Gasteiger partial charge in [0.1, 0.15) is 11.6 Å². The minimum Gasteiger partial charge on any atom is -0.321 e. The summed E-state index contributed by atoms with van der Waals surface area (Å²) in [6.07, 6.45) is 6.01. The third kappa shape index (κ3) is 2.56. The van der Waals surface area contributed by atoms with Crippen molar-refractivity contribution in [1.82, 2.24) is 9.55 Å². The smallest absolute Gasteiger partial charge is 0.141 e. The van der Waals surface area contributed by atoms with Crippen molar-refractivity contribution in [3.05, 3.63) is 53.8 Å². The molecule has 3 nitrogen and oxygen atoms in total. The van der Waals surface area contributed by atoms with Gasteiger partial charge in [-0.1, -0.05) is 19.3 Å². The molecular weight excluding hydrogens is 301 g/mol. The summed E-state index contributed by atoms with van der Waals surface area (Å²) in [7, 11) is 0. The number of benzene rings is 2. The first-order valence-corrected chi connectivity index (χ1v) is 8.44. The van der Waals surface area contributed by atoms with Gasteiger partial charge in [0.2, 0.25) is 0 Å². The van der Waals surface area contributed by atoms with Crippen molar-refractivity contribution in [1.29, 1.82) is 5.26 Å². The van der Waals surface area contributed by atoms with Crippen LogP contribution in [0.4, 0.5) is 4.39 Å². The second kappa shape index (κ2) is 6.09. The Balaban J connectivity index is 1.92. The van der Waals surface area contributed by atoms with E-state index in [2.05, 4.69) is 10.6 Å². The molecule has 4 rings (SSSR count). The first-order valence-electron chi connectivity index (χ1n) is 8.44. The Morgan fingerprint density at radius 1 is 1.04 bits per heavy atom. The number of hydrogen-bond donors (Lipinski definition) is 0. The molecule has 0 spiro atoms. The zero-order valence-electron chi connectivity index (χ0n) is 13.4. The molecule has 0 amide bonds. The molecule has 0 radical (unpaired) electrons. The SMILES string of the molecule is N#Cc1ccc2c(c1)nc(-c1ccc(F)cc1)n2C1CCCCC1. The highest BCUT2D eigenvalue weighted by Crippen LogP contribution is 2.36. The monoisotopic (exact) mass is 319 g/mol. The molecule has 1 aliphatic rings. The molecule has 0 unspecified atom stereocenters. The van der Waals surface area contributed by atoms with Crippen LogP contribution in [-0.4, -0.2) is 9.55 Å². The molecule has 1 heterocycles. The number of nitriles is 1. The maximum Gasteiger partial charge on any atom is 0.141 e. The van der Waals surface area contributed by atoms with Crippen LogP contribution in [0.5, 0.6) is 0 Å². The van der Waals surface area contributed by atoms with Crippen LogP contribution in [0.15, 0.2) is 42.5 Å². The van der Waals surface area contributed by atoms with Gasteiger partial charge in [-0.25, -0.2) is 9.37 Å². The van der Waals surface area contributed by atoms with E-state index in [1.165, 1.54) is 31.4 Å². The van der Waals surface area contributed by atoms with Crippen molar-refractivity contribution in [2.75, 3.05) is 0 Å². The highest BCUT2D eigenvalue weighted by atomic mass is 19.1. The maximum atomic E-state index is 13.3. The van der Waals surface area contributed by atoms with Crippen molar-refractivity contribution in [2.24, 2.45) is 0 Å². The Labute approximate surface area is 140 Å². The van der Waals surface area contributed by atoms with Crippen molar-refractivity contribution >= 4 is 11.0 Å². The van der Waals surface area contributed by atoms with Gasteiger partial charge in [0, 0.05) is 11.6 Å². The predicted molar refractivity (Wildman–Crippen MR) is 92.0 cm³/mol. The fourth-order valence-electron chi connectivity index (χ4n) is 3.68. The van der Waals surface area contributed by atoms with E-state index >= 15 is 0 Å². The van der Waals surface area contributed by atoms with Crippen molar-refractivity contribution in [3.63, 3.8) is 0 Å². The normalized spacial score (nSPS) is 15.5. The van der Waals surface area contributed by atoms with Crippen LogP contribution in [0.2, 0.25) is 0 Å². The number of halogens is 1. The van der Waals surface area contributed by atoms with E-state index in [4.69, 9.17) is 10.2 Å². The topological polar surface area (TPSA) is 41.6 Å². The van der Waals surface area contributed by atoms with Crippen molar-refractivity contribution in [3.8, 4) is 17.5 Å². The van der Waals surface area contributed by atoms with Crippen molar-refractivity contribution < 1.29 is 4.39 Å². The van der Waals surface area contributed by atoms with Crippen LogP contribution in [-0.2, 0) is 0 Å². The molecule has 0 saturated heterocycles. The van der Waals surface area contributed by atoms with Crippen LogP contribution in [0.25, 0.3) is 22.4 Å². The summed E-state index contributed by atoms with van der Waals surface area (Å²) in [4.78, 5) is 4.79. The standard InChI is InChI=1S/C20H18FN3/c21-16-9-7-15(8-10-16)20-23-18-12-14(13-22)6-11-19(18)24(20)17-4-2-1-3-5-17/h6-12,17H,1-5H2. The average Bonchev–Trinajstić information content (AvgIpc) is 3.01. The zero-order chi connectivity index (χ0) is 16.5. The predicted octanol–water partition coefficient (Wildman–Crippen LogP) is 5.22. The summed E-state index contributed by atoms with van der Waals surface area (Å²) in [5.41, 5.74) is 3.41. The molecule has 1 aliphatic carbocycles. The molecule has 120 valence electrons. The van der Waals surface area contributed by atoms with Gasteiger partial charge in [-0.3, -0.25) is 0 Å². The molecule has 1 fully saturated rings. The largest absolute Gasteiger partial charge is 0.321 e. The van der Waals surface area contributed by atoms with Crippen LogP contribution >= 0.6 is 0 Å². The minimum absolute atomic E-state index is 0.245. The lowest BCUT2D eigenvalue weighted by molar-refractivity contribution is 0.362. The summed E-state index contributed by atoms with van der Waals surface area (Å²) in [6.45, 7) is 0. The van der Waals surface area contributed by atoms with Gasteiger partial charge < -0.3 is 4.57 Å². The lowest BCUT2D eigenvalue weighted by atomic mass is 9.95. The molecule has 0 aliphatic heterocycles. The van der Waals surface area contributed by atoms with E-state index < -0.39 is 0 Å². The Morgan fingerprint density at radius 2 is 1.79 bits per heavy atom. The van der Waals surface area contributed by atoms with Gasteiger partial charge in [0.25, 0.3) is 0 Å². The lowest BCUT2D eigenvalue weighted by Crippen LogP contribution is -2.13. The molecule has 2 aromatic carbocycles. The molecular formula is C20H18FN3. The molecule has 1 aromatic heterocycles. The zero-order valence-corrected chi connectivity index (χ0v) is 13.4. The molecule has 3 aromatic rings. The Bertz CT molecular complexity index is 912. The number of nitrogens with zero attached hydrogens (tertiary/aromatic N) is 3. The van der Waals surface area contributed by atoms with Crippen LogP contribution < -0.4 is 0 Å². The summed E-state index contributed by atoms with van der Waals surface area (Å²) < 4.78 is 15.6. The van der Waals surface area contributed by atoms with Crippen LogP contribution in [0.1, 0.15) is 43.7 Å². The van der Waals surface area contributed by atoms with E-state index in [0.29, 0.717) is 11.6 Å². The first-order chi connectivity index (χ1) is 11.8. The number of imidazole rings is 1. The Kier molecular flexibility index (Phi) is 3.78. The molecule has 0 N–H and O–H groups in total. The van der Waals surface area contributed by atoms with Gasteiger partial charge >= 0.3 is 0 Å². The second-order valence-electron chi connectivity index (χ2n) is 6.42. The van der Waals surface area contributed by atoms with Gasteiger partial charge in [-0.2, -0.15) is 5.26 Å². The second-order valence-corrected chi connectivity index (χ2v) is 6.42. The third-order valence-corrected chi connectivity index (χ3v) is 4.86. The van der Waals surface area contributed by atoms with E-state index in [9.17, 15) is 4.39 Å². The first kappa shape index (κ1) is 14.9. The molecule has 0 atom stereocenters. The Hall–Kier alpha value is -2.67. The van der Waals surface area contributed by atoms with Gasteiger partial charge in [-0.15, -0.1) is 0 Å². The number of aromatic nitrogens is 2. The summed E-state index contributed by atoms with van der Waals surface area (Å²) in [6, 6.07) is 14.8. The molecule has 0 bridgehead atoms. The number of fused-ring (bicyclic) bond motifs is 1. The van der Waals surface area contributed by atoms with E-state index in [1.807, 2.05) is 18.2 Å². The Morgan fingerprint density at radius 3 is 2.50 bits per heavy atom. The summed E-state index contributed by atoms with van der Waals surface area (Å²) in [5.74, 6) is 0.623. The molecule has 1 saturated carbocycles. The van der Waals surface area contributed by atoms with Gasteiger partial charge in [0.15, 0.2) is 0 Å². The number of rotatable bonds is 2. The average molecular weight is 319 g/mol. The van der Waals surface area contributed by atoms with E-state index in [-0.39, 0.29) is 5.82 Å². The highest BCUT2D eigenvalue weighted by molar-refractivity contribution is 5.82. The molecule has 24 heavy (non-hydrogen) atoms.